The minimum Gasteiger partial charge on any atom is -0.496 e. The minimum atomic E-state index is -0.0494. The molecule has 1 aliphatic rings. The standard InChI is InChI=1S/C18H20BrN3O2/c1-24-16-5-3-2-4-13(16)11-22(15-7-8-15)12-18(23)21-17-9-6-14(19)10-20-17/h2-6,9-10,15H,7-8,11-12H2,1H3,(H,20,21,23). The van der Waals surface area contributed by atoms with Gasteiger partial charge in [-0.15, -0.1) is 0 Å². The Kier molecular flexibility index (Phi) is 5.48. The van der Waals surface area contributed by atoms with Crippen molar-refractivity contribution < 1.29 is 9.53 Å². The number of nitrogens with zero attached hydrogens (tertiary/aromatic N) is 2. The number of para-hydroxylation sites is 1. The Balaban J connectivity index is 1.63. The predicted octanol–water partition coefficient (Wildman–Crippen LogP) is 3.46. The second kappa shape index (κ2) is 7.77. The fourth-order valence-corrected chi connectivity index (χ4v) is 2.86. The summed E-state index contributed by atoms with van der Waals surface area (Å²) < 4.78 is 6.30. The van der Waals surface area contributed by atoms with Crippen molar-refractivity contribution in [1.82, 2.24) is 9.88 Å². The Bertz CT molecular complexity index is 702. The van der Waals surface area contributed by atoms with Crippen molar-refractivity contribution in [3.05, 3.63) is 52.6 Å². The quantitative estimate of drug-likeness (QED) is 0.787. The first-order valence-corrected chi connectivity index (χ1v) is 8.72. The lowest BCUT2D eigenvalue weighted by Gasteiger charge is -2.22. The summed E-state index contributed by atoms with van der Waals surface area (Å²) in [6.07, 6.45) is 3.95. The van der Waals surface area contributed by atoms with Gasteiger partial charge in [-0.3, -0.25) is 9.69 Å². The van der Waals surface area contributed by atoms with Crippen molar-refractivity contribution in [3.63, 3.8) is 0 Å². The molecule has 1 amide bonds. The number of ether oxygens (including phenoxy) is 1. The van der Waals surface area contributed by atoms with Gasteiger partial charge >= 0.3 is 0 Å². The topological polar surface area (TPSA) is 54.5 Å². The van der Waals surface area contributed by atoms with Crippen LogP contribution in [0.15, 0.2) is 47.1 Å². The van der Waals surface area contributed by atoms with Gasteiger partial charge in [-0.2, -0.15) is 0 Å². The summed E-state index contributed by atoms with van der Waals surface area (Å²) in [5, 5.41) is 2.85. The monoisotopic (exact) mass is 389 g/mol. The number of hydrogen-bond donors (Lipinski definition) is 1. The predicted molar refractivity (Wildman–Crippen MR) is 97.0 cm³/mol. The highest BCUT2D eigenvalue weighted by Gasteiger charge is 2.30. The fraction of sp³-hybridized carbons (Fsp3) is 0.333. The van der Waals surface area contributed by atoms with Gasteiger partial charge in [0.05, 0.1) is 13.7 Å². The van der Waals surface area contributed by atoms with E-state index in [4.69, 9.17) is 4.74 Å². The van der Waals surface area contributed by atoms with Crippen molar-refractivity contribution >= 4 is 27.7 Å². The van der Waals surface area contributed by atoms with Gasteiger partial charge in [0.2, 0.25) is 5.91 Å². The summed E-state index contributed by atoms with van der Waals surface area (Å²) in [5.74, 6) is 1.38. The number of carbonyl (C=O) groups excluding carboxylic acids is 1. The SMILES string of the molecule is COc1ccccc1CN(CC(=O)Nc1ccc(Br)cn1)C1CC1. The summed E-state index contributed by atoms with van der Waals surface area (Å²) >= 11 is 3.33. The van der Waals surface area contributed by atoms with Crippen LogP contribution in [0.2, 0.25) is 0 Å². The Morgan fingerprint density at radius 1 is 1.33 bits per heavy atom. The molecule has 0 bridgehead atoms. The molecular weight excluding hydrogens is 370 g/mol. The van der Waals surface area contributed by atoms with Crippen LogP contribution in [0.3, 0.4) is 0 Å². The molecule has 0 aliphatic heterocycles. The zero-order valence-corrected chi connectivity index (χ0v) is 15.1. The number of aromatic nitrogens is 1. The first-order chi connectivity index (χ1) is 11.7. The van der Waals surface area contributed by atoms with Gasteiger partial charge in [-0.1, -0.05) is 18.2 Å². The number of methoxy groups -OCH3 is 1. The number of halogens is 1. The maximum Gasteiger partial charge on any atom is 0.239 e. The molecule has 1 saturated carbocycles. The molecule has 0 atom stereocenters. The Labute approximate surface area is 150 Å². The molecule has 5 nitrogen and oxygen atoms in total. The lowest BCUT2D eigenvalue weighted by molar-refractivity contribution is -0.117. The molecule has 24 heavy (non-hydrogen) atoms. The highest BCUT2D eigenvalue weighted by molar-refractivity contribution is 9.10. The summed E-state index contributed by atoms with van der Waals surface area (Å²) in [5.41, 5.74) is 1.10. The van der Waals surface area contributed by atoms with Gasteiger partial charge in [0.15, 0.2) is 0 Å². The van der Waals surface area contributed by atoms with Gasteiger partial charge in [-0.25, -0.2) is 4.98 Å². The Morgan fingerprint density at radius 2 is 2.12 bits per heavy atom. The van der Waals surface area contributed by atoms with E-state index in [1.165, 1.54) is 0 Å². The van der Waals surface area contributed by atoms with Gasteiger partial charge in [0.1, 0.15) is 11.6 Å². The summed E-state index contributed by atoms with van der Waals surface area (Å²) in [6.45, 7) is 1.05. The van der Waals surface area contributed by atoms with E-state index in [0.29, 0.717) is 24.9 Å². The van der Waals surface area contributed by atoms with E-state index in [0.717, 1.165) is 28.6 Å². The van der Waals surface area contributed by atoms with Crippen LogP contribution < -0.4 is 10.1 Å². The van der Waals surface area contributed by atoms with Crippen LogP contribution >= 0.6 is 15.9 Å². The summed E-state index contributed by atoms with van der Waals surface area (Å²) in [7, 11) is 1.67. The maximum atomic E-state index is 12.3. The molecule has 1 aromatic heterocycles. The summed E-state index contributed by atoms with van der Waals surface area (Å²) in [6, 6.07) is 12.1. The molecule has 1 fully saturated rings. The molecule has 0 spiro atoms. The zero-order valence-electron chi connectivity index (χ0n) is 13.5. The van der Waals surface area contributed by atoms with E-state index >= 15 is 0 Å². The van der Waals surface area contributed by atoms with Crippen molar-refractivity contribution in [2.45, 2.75) is 25.4 Å². The molecule has 1 aromatic carbocycles. The average Bonchev–Trinajstić information content (AvgIpc) is 3.42. The molecule has 126 valence electrons. The number of nitrogens with one attached hydrogen (secondary N) is 1. The first kappa shape index (κ1) is 16.9. The fourth-order valence-electron chi connectivity index (χ4n) is 2.62. The third-order valence-corrected chi connectivity index (χ3v) is 4.44. The number of hydrogen-bond acceptors (Lipinski definition) is 4. The lowest BCUT2D eigenvalue weighted by Crippen LogP contribution is -2.34. The van der Waals surface area contributed by atoms with E-state index in [1.54, 1.807) is 19.4 Å². The number of carbonyl (C=O) groups is 1. The van der Waals surface area contributed by atoms with Crippen molar-refractivity contribution in [2.75, 3.05) is 19.0 Å². The second-order valence-corrected chi connectivity index (χ2v) is 6.77. The molecule has 2 aromatic rings. The van der Waals surface area contributed by atoms with Crippen LogP contribution in [0.25, 0.3) is 0 Å². The van der Waals surface area contributed by atoms with Gasteiger partial charge in [0, 0.05) is 28.8 Å². The minimum absolute atomic E-state index is 0.0494. The molecule has 3 rings (SSSR count). The van der Waals surface area contributed by atoms with E-state index < -0.39 is 0 Å². The van der Waals surface area contributed by atoms with Crippen LogP contribution in [0.5, 0.6) is 5.75 Å². The van der Waals surface area contributed by atoms with E-state index in [2.05, 4.69) is 31.1 Å². The van der Waals surface area contributed by atoms with Crippen LogP contribution in [-0.4, -0.2) is 35.5 Å². The normalized spacial score (nSPS) is 13.8. The smallest absolute Gasteiger partial charge is 0.239 e. The van der Waals surface area contributed by atoms with Crippen LogP contribution in [-0.2, 0) is 11.3 Å². The molecule has 0 unspecified atom stereocenters. The highest BCUT2D eigenvalue weighted by atomic mass is 79.9. The molecule has 0 saturated heterocycles. The number of rotatable bonds is 7. The number of amides is 1. The number of benzene rings is 1. The third kappa shape index (κ3) is 4.55. The Morgan fingerprint density at radius 3 is 2.79 bits per heavy atom. The number of pyridine rings is 1. The highest BCUT2D eigenvalue weighted by Crippen LogP contribution is 2.30. The molecule has 1 aliphatic carbocycles. The van der Waals surface area contributed by atoms with E-state index in [9.17, 15) is 4.79 Å². The largest absolute Gasteiger partial charge is 0.496 e. The third-order valence-electron chi connectivity index (χ3n) is 3.97. The van der Waals surface area contributed by atoms with Gasteiger partial charge < -0.3 is 10.1 Å². The van der Waals surface area contributed by atoms with Gasteiger partial charge in [0.25, 0.3) is 0 Å². The zero-order chi connectivity index (χ0) is 16.9. The van der Waals surface area contributed by atoms with Crippen molar-refractivity contribution in [2.24, 2.45) is 0 Å². The molecule has 6 heteroatoms. The van der Waals surface area contributed by atoms with E-state index in [1.807, 2.05) is 30.3 Å². The molecule has 1 heterocycles. The van der Waals surface area contributed by atoms with Crippen molar-refractivity contribution in [3.8, 4) is 5.75 Å². The van der Waals surface area contributed by atoms with Crippen LogP contribution in [0.1, 0.15) is 18.4 Å². The van der Waals surface area contributed by atoms with Gasteiger partial charge in [-0.05, 0) is 47.0 Å². The van der Waals surface area contributed by atoms with Crippen molar-refractivity contribution in [1.29, 1.82) is 0 Å². The van der Waals surface area contributed by atoms with Crippen LogP contribution in [0, 0.1) is 0 Å². The second-order valence-electron chi connectivity index (χ2n) is 5.86. The average molecular weight is 390 g/mol. The molecular formula is C18H20BrN3O2. The Hall–Kier alpha value is -1.92. The first-order valence-electron chi connectivity index (χ1n) is 7.93. The van der Waals surface area contributed by atoms with Crippen LogP contribution in [0.4, 0.5) is 5.82 Å². The summed E-state index contributed by atoms with van der Waals surface area (Å²) in [4.78, 5) is 18.7. The van der Waals surface area contributed by atoms with E-state index in [-0.39, 0.29) is 5.91 Å². The molecule has 0 radical (unpaired) electrons. The molecule has 1 N–H and O–H groups in total. The lowest BCUT2D eigenvalue weighted by atomic mass is 10.2. The maximum absolute atomic E-state index is 12.3. The number of anilines is 1.